The topological polar surface area (TPSA) is 147 Å². The van der Waals surface area contributed by atoms with E-state index in [2.05, 4.69) is 78.0 Å². The summed E-state index contributed by atoms with van der Waals surface area (Å²) in [6.45, 7) is 25.2. The lowest BCUT2D eigenvalue weighted by molar-refractivity contribution is -0.137. The Bertz CT molecular complexity index is 1490. The number of dihydropyridines is 1. The zero-order valence-corrected chi connectivity index (χ0v) is 31.9. The molecule has 2 aliphatic heterocycles. The molecule has 0 aliphatic carbocycles. The number of carbonyl (C=O) groups excluding carboxylic acids is 2. The maximum atomic E-state index is 13.5. The molecule has 1 saturated heterocycles. The quantitative estimate of drug-likeness (QED) is 0.275. The molecule has 0 bridgehead atoms. The first-order chi connectivity index (χ1) is 21.0. The first-order valence-corrected chi connectivity index (χ1v) is 21.5. The number of rotatable bonds is 9. The SMILES string of the molecule is COC(=O)C1=C(C)NC(C)=C(C(=O)OC)C1c1cn([C@H]2C[C@H](O[Si](C)(C)C(C)(C)C)[C@@H](CO[Si](C)(C)C(C)(C)C)O2)c(=O)[nH]c1=O. The predicted octanol–water partition coefficient (Wildman–Crippen LogP) is 4.82. The lowest BCUT2D eigenvalue weighted by Crippen LogP contribution is -2.48. The van der Waals surface area contributed by atoms with Gasteiger partial charge in [-0.25, -0.2) is 14.4 Å². The number of hydrogen-bond acceptors (Lipinski definition) is 10. The highest BCUT2D eigenvalue weighted by molar-refractivity contribution is 6.74. The minimum Gasteiger partial charge on any atom is -0.466 e. The molecule has 0 unspecified atom stereocenters. The maximum absolute atomic E-state index is 13.5. The van der Waals surface area contributed by atoms with Gasteiger partial charge in [0.15, 0.2) is 16.6 Å². The van der Waals surface area contributed by atoms with E-state index in [1.807, 2.05) is 0 Å². The molecule has 0 saturated carbocycles. The van der Waals surface area contributed by atoms with Gasteiger partial charge in [-0.1, -0.05) is 41.5 Å². The Morgan fingerprint density at radius 1 is 0.913 bits per heavy atom. The van der Waals surface area contributed by atoms with Crippen LogP contribution in [0.25, 0.3) is 0 Å². The van der Waals surface area contributed by atoms with Crippen molar-refractivity contribution < 1.29 is 32.7 Å². The summed E-state index contributed by atoms with van der Waals surface area (Å²) < 4.78 is 31.4. The molecule has 3 atom stereocenters. The Labute approximate surface area is 274 Å². The Balaban J connectivity index is 2.14. The van der Waals surface area contributed by atoms with Gasteiger partial charge in [-0.15, -0.1) is 0 Å². The van der Waals surface area contributed by atoms with E-state index in [1.165, 1.54) is 25.0 Å². The maximum Gasteiger partial charge on any atom is 0.336 e. The van der Waals surface area contributed by atoms with Crippen molar-refractivity contribution in [3.8, 4) is 0 Å². The van der Waals surface area contributed by atoms with Crippen LogP contribution in [-0.4, -0.2) is 71.2 Å². The summed E-state index contributed by atoms with van der Waals surface area (Å²) in [5.41, 5.74) is -0.532. The van der Waals surface area contributed by atoms with Crippen molar-refractivity contribution >= 4 is 28.6 Å². The van der Waals surface area contributed by atoms with E-state index in [0.717, 1.165) is 0 Å². The van der Waals surface area contributed by atoms with Crippen LogP contribution in [0.4, 0.5) is 0 Å². The number of hydrogen-bond donors (Lipinski definition) is 2. The molecular weight excluding hydrogens is 627 g/mol. The molecule has 2 aliphatic rings. The van der Waals surface area contributed by atoms with Crippen LogP contribution >= 0.6 is 0 Å². The lowest BCUT2D eigenvalue weighted by atomic mass is 9.81. The number of methoxy groups -OCH3 is 2. The molecular formula is C32H53N3O9Si2. The number of nitrogens with zero attached hydrogens (tertiary/aromatic N) is 1. The van der Waals surface area contributed by atoms with Gasteiger partial charge >= 0.3 is 17.6 Å². The van der Waals surface area contributed by atoms with Crippen LogP contribution in [0.15, 0.2) is 38.3 Å². The number of aromatic amines is 1. The third kappa shape index (κ3) is 7.51. The molecule has 258 valence electrons. The van der Waals surface area contributed by atoms with Gasteiger partial charge in [0.25, 0.3) is 5.56 Å². The highest BCUT2D eigenvalue weighted by atomic mass is 28.4. The molecule has 12 nitrogen and oxygen atoms in total. The molecule has 46 heavy (non-hydrogen) atoms. The summed E-state index contributed by atoms with van der Waals surface area (Å²) in [6.07, 6.45) is 0.0279. The van der Waals surface area contributed by atoms with Crippen molar-refractivity contribution in [2.24, 2.45) is 0 Å². The molecule has 3 heterocycles. The Hall–Kier alpha value is -2.79. The van der Waals surface area contributed by atoms with Crippen molar-refractivity contribution in [1.29, 1.82) is 0 Å². The summed E-state index contributed by atoms with van der Waals surface area (Å²) in [6, 6.07) is 0. The van der Waals surface area contributed by atoms with Crippen LogP contribution in [0.2, 0.25) is 36.3 Å². The monoisotopic (exact) mass is 679 g/mol. The van der Waals surface area contributed by atoms with Gasteiger partial charge in [-0.2, -0.15) is 0 Å². The number of H-pyrrole nitrogens is 1. The molecule has 1 aromatic rings. The summed E-state index contributed by atoms with van der Waals surface area (Å²) in [5, 5.41) is 2.93. The van der Waals surface area contributed by atoms with E-state index in [9.17, 15) is 19.2 Å². The Morgan fingerprint density at radius 2 is 1.41 bits per heavy atom. The van der Waals surface area contributed by atoms with E-state index in [0.29, 0.717) is 17.8 Å². The second-order valence-electron chi connectivity index (χ2n) is 15.2. The van der Waals surface area contributed by atoms with Crippen LogP contribution in [0.3, 0.4) is 0 Å². The third-order valence-electron chi connectivity index (χ3n) is 10.0. The smallest absolute Gasteiger partial charge is 0.336 e. The van der Waals surface area contributed by atoms with Crippen LogP contribution < -0.4 is 16.6 Å². The number of aromatic nitrogens is 2. The van der Waals surface area contributed by atoms with Crippen LogP contribution in [0.5, 0.6) is 0 Å². The highest BCUT2D eigenvalue weighted by Gasteiger charge is 2.47. The first-order valence-electron chi connectivity index (χ1n) is 15.6. The van der Waals surface area contributed by atoms with Crippen molar-refractivity contribution in [2.45, 2.75) is 122 Å². The fourth-order valence-corrected chi connectivity index (χ4v) is 7.57. The molecule has 3 rings (SSSR count). The van der Waals surface area contributed by atoms with E-state index < -0.39 is 58.1 Å². The Kier molecular flexibility index (Phi) is 11.0. The van der Waals surface area contributed by atoms with E-state index in [4.69, 9.17) is 23.1 Å². The molecule has 1 aromatic heterocycles. The fourth-order valence-electron chi connectivity index (χ4n) is 5.19. The summed E-state index contributed by atoms with van der Waals surface area (Å²) in [5.74, 6) is -2.64. The van der Waals surface area contributed by atoms with Gasteiger partial charge in [0, 0.05) is 29.6 Å². The zero-order chi connectivity index (χ0) is 35.2. The average Bonchev–Trinajstić information content (AvgIpc) is 3.31. The van der Waals surface area contributed by atoms with E-state index >= 15 is 0 Å². The lowest BCUT2D eigenvalue weighted by Gasteiger charge is -2.40. The molecule has 1 fully saturated rings. The highest BCUT2D eigenvalue weighted by Crippen LogP contribution is 2.43. The Morgan fingerprint density at radius 3 is 1.87 bits per heavy atom. The minimum atomic E-state index is -2.27. The third-order valence-corrected chi connectivity index (χ3v) is 19.0. The zero-order valence-electron chi connectivity index (χ0n) is 29.9. The molecule has 0 radical (unpaired) electrons. The van der Waals surface area contributed by atoms with Crippen molar-refractivity contribution in [3.05, 3.63) is 55.1 Å². The fraction of sp³-hybridized carbons (Fsp3) is 0.688. The van der Waals surface area contributed by atoms with Gasteiger partial charge in [-0.05, 0) is 50.1 Å². The summed E-state index contributed by atoms with van der Waals surface area (Å²) in [4.78, 5) is 55.3. The standard InChI is InChI=1S/C32H53N3O9Si2/c1-18-24(28(37)40-9)26(25(19(2)33-18)29(38)41-10)20-16-35(30(39)34-27(20)36)23-15-21(44-46(13,14)32(6,7)8)22(43-23)17-42-45(11,12)31(3,4)5/h16,21-23,26,33H,15,17H2,1-14H3,(H,34,36,39)/t21-,22+,23+/m0/s1. The van der Waals surface area contributed by atoms with Gasteiger partial charge in [-0.3, -0.25) is 14.3 Å². The van der Waals surface area contributed by atoms with Gasteiger partial charge < -0.3 is 28.4 Å². The van der Waals surface area contributed by atoms with Crippen molar-refractivity contribution in [3.63, 3.8) is 0 Å². The minimum absolute atomic E-state index is 0.00737. The van der Waals surface area contributed by atoms with E-state index in [-0.39, 0.29) is 39.5 Å². The van der Waals surface area contributed by atoms with Crippen LogP contribution in [-0.2, 0) is 32.7 Å². The normalized spacial score (nSPS) is 21.8. The van der Waals surface area contributed by atoms with Crippen LogP contribution in [0.1, 0.15) is 79.5 Å². The summed E-state index contributed by atoms with van der Waals surface area (Å²) in [7, 11) is -1.99. The van der Waals surface area contributed by atoms with Gasteiger partial charge in [0.05, 0.1) is 44.0 Å². The average molecular weight is 680 g/mol. The number of esters is 2. The second kappa shape index (κ2) is 13.4. The molecule has 2 N–H and O–H groups in total. The largest absolute Gasteiger partial charge is 0.466 e. The van der Waals surface area contributed by atoms with Crippen LogP contribution in [0, 0.1) is 0 Å². The molecule has 0 spiro atoms. The van der Waals surface area contributed by atoms with Crippen molar-refractivity contribution in [2.75, 3.05) is 20.8 Å². The predicted molar refractivity (Wildman–Crippen MR) is 180 cm³/mol. The number of ether oxygens (including phenoxy) is 3. The molecule has 14 heteroatoms. The van der Waals surface area contributed by atoms with Gasteiger partial charge in [0.1, 0.15) is 12.3 Å². The molecule has 0 amide bonds. The number of allylic oxidation sites excluding steroid dienone is 2. The summed E-state index contributed by atoms with van der Waals surface area (Å²) >= 11 is 0. The number of nitrogens with one attached hydrogen (secondary N) is 2. The molecule has 0 aromatic carbocycles. The van der Waals surface area contributed by atoms with Gasteiger partial charge in [0.2, 0.25) is 0 Å². The first kappa shape index (κ1) is 37.7. The second-order valence-corrected chi connectivity index (χ2v) is 24.8. The van der Waals surface area contributed by atoms with Crippen molar-refractivity contribution in [1.82, 2.24) is 14.9 Å². The number of carbonyl (C=O) groups is 2. The van der Waals surface area contributed by atoms with E-state index in [1.54, 1.807) is 13.8 Å².